The van der Waals surface area contributed by atoms with Crippen LogP contribution in [0.15, 0.2) is 41.1 Å². The van der Waals surface area contributed by atoms with Gasteiger partial charge in [0.2, 0.25) is 0 Å². The van der Waals surface area contributed by atoms with E-state index in [4.69, 9.17) is 10.3 Å². The minimum Gasteiger partial charge on any atom is -0.455 e. The number of carbonyl (C=O) groups excluding carboxylic acids is 1. The number of nitrogens with zero attached hydrogens (tertiary/aromatic N) is 2. The lowest BCUT2D eigenvalue weighted by atomic mass is 10.2. The first-order chi connectivity index (χ1) is 9.69. The number of amides is 1. The van der Waals surface area contributed by atoms with Gasteiger partial charge in [0, 0.05) is 18.9 Å². The number of nitrogens with one attached hydrogen (secondary N) is 1. The third-order valence-corrected chi connectivity index (χ3v) is 2.97. The van der Waals surface area contributed by atoms with Crippen molar-refractivity contribution in [3.05, 3.63) is 53.7 Å². The average Bonchev–Trinajstić information content (AvgIpc) is 2.94. The van der Waals surface area contributed by atoms with Crippen molar-refractivity contribution < 1.29 is 9.21 Å². The van der Waals surface area contributed by atoms with Gasteiger partial charge in [-0.3, -0.25) is 20.1 Å². The molecule has 6 heteroatoms. The first kappa shape index (κ1) is 14.2. The lowest BCUT2D eigenvalue weighted by molar-refractivity contribution is 0.0922. The summed E-state index contributed by atoms with van der Waals surface area (Å²) in [5, 5.41) is 0. The summed E-state index contributed by atoms with van der Waals surface area (Å²) in [4.78, 5) is 17.4. The fourth-order valence-corrected chi connectivity index (χ4v) is 1.87. The van der Waals surface area contributed by atoms with Crippen molar-refractivity contribution in [2.24, 2.45) is 5.84 Å². The quantitative estimate of drug-likeness (QED) is 0.465. The molecule has 0 saturated heterocycles. The molecule has 0 aliphatic rings. The number of rotatable bonds is 6. The Hall–Kier alpha value is -2.18. The third-order valence-electron chi connectivity index (χ3n) is 2.97. The molecular weight excluding hydrogens is 256 g/mol. The highest BCUT2D eigenvalue weighted by molar-refractivity contribution is 5.90. The maximum absolute atomic E-state index is 11.3. The molecule has 20 heavy (non-hydrogen) atoms. The molecule has 0 spiro atoms. The molecule has 0 unspecified atom stereocenters. The van der Waals surface area contributed by atoms with E-state index < -0.39 is 5.91 Å². The number of nitrogens with two attached hydrogens (primary N) is 1. The Kier molecular flexibility index (Phi) is 4.86. The van der Waals surface area contributed by atoms with E-state index in [0.717, 1.165) is 18.7 Å². The van der Waals surface area contributed by atoms with Crippen molar-refractivity contribution in [2.45, 2.75) is 13.0 Å². The van der Waals surface area contributed by atoms with Crippen LogP contribution in [0.4, 0.5) is 0 Å². The van der Waals surface area contributed by atoms with Crippen molar-refractivity contribution in [2.75, 3.05) is 13.6 Å². The van der Waals surface area contributed by atoms with Crippen LogP contribution in [0, 0.1) is 0 Å². The van der Waals surface area contributed by atoms with Crippen LogP contribution in [-0.2, 0) is 13.0 Å². The van der Waals surface area contributed by atoms with Gasteiger partial charge in [0.1, 0.15) is 5.76 Å². The lowest BCUT2D eigenvalue weighted by Gasteiger charge is -2.14. The Labute approximate surface area is 117 Å². The zero-order valence-electron chi connectivity index (χ0n) is 11.4. The molecule has 6 nitrogen and oxygen atoms in total. The first-order valence-electron chi connectivity index (χ1n) is 6.36. The fraction of sp³-hybridized carbons (Fsp3) is 0.286. The minimum atomic E-state index is -0.421. The number of furan rings is 1. The molecule has 0 aliphatic carbocycles. The highest BCUT2D eigenvalue weighted by Gasteiger charge is 2.10. The predicted molar refractivity (Wildman–Crippen MR) is 74.6 cm³/mol. The maximum atomic E-state index is 11.3. The van der Waals surface area contributed by atoms with E-state index >= 15 is 0 Å². The van der Waals surface area contributed by atoms with Gasteiger partial charge in [-0.15, -0.1) is 0 Å². The lowest BCUT2D eigenvalue weighted by Crippen LogP contribution is -2.29. The van der Waals surface area contributed by atoms with Gasteiger partial charge < -0.3 is 4.42 Å². The van der Waals surface area contributed by atoms with Crippen LogP contribution < -0.4 is 11.3 Å². The smallest absolute Gasteiger partial charge is 0.300 e. The van der Waals surface area contributed by atoms with Gasteiger partial charge in [-0.1, -0.05) is 0 Å². The summed E-state index contributed by atoms with van der Waals surface area (Å²) in [6.45, 7) is 1.53. The maximum Gasteiger partial charge on any atom is 0.300 e. The van der Waals surface area contributed by atoms with Crippen molar-refractivity contribution in [3.8, 4) is 0 Å². The van der Waals surface area contributed by atoms with Crippen LogP contribution >= 0.6 is 0 Å². The van der Waals surface area contributed by atoms with Crippen LogP contribution in [0.3, 0.4) is 0 Å². The summed E-state index contributed by atoms with van der Waals surface area (Å²) >= 11 is 0. The topological polar surface area (TPSA) is 84.4 Å². The molecule has 1 amide bonds. The zero-order valence-corrected chi connectivity index (χ0v) is 11.4. The molecular formula is C14H18N4O2. The summed E-state index contributed by atoms with van der Waals surface area (Å²) < 4.78 is 5.42. The fourth-order valence-electron chi connectivity index (χ4n) is 1.87. The Balaban J connectivity index is 1.83. The molecule has 0 aliphatic heterocycles. The number of carbonyl (C=O) groups is 1. The standard InChI is InChI=1S/C14H18N4O2/c1-18(9-6-11-4-7-16-8-5-11)10-12-2-3-13(20-12)14(19)17-15/h2-5,7-8H,6,9-10,15H2,1H3,(H,17,19). The second kappa shape index (κ2) is 6.83. The van der Waals surface area contributed by atoms with E-state index in [0.29, 0.717) is 6.54 Å². The minimum absolute atomic E-state index is 0.227. The molecule has 2 rings (SSSR count). The highest BCUT2D eigenvalue weighted by Crippen LogP contribution is 2.10. The molecule has 0 atom stereocenters. The van der Waals surface area contributed by atoms with Crippen LogP contribution in [0.2, 0.25) is 0 Å². The second-order valence-electron chi connectivity index (χ2n) is 4.58. The van der Waals surface area contributed by atoms with E-state index in [9.17, 15) is 4.79 Å². The van der Waals surface area contributed by atoms with Gasteiger partial charge in [0.05, 0.1) is 6.54 Å². The van der Waals surface area contributed by atoms with Gasteiger partial charge >= 0.3 is 5.91 Å². The van der Waals surface area contributed by atoms with Gasteiger partial charge in [-0.25, -0.2) is 5.84 Å². The number of likely N-dealkylation sites (N-methyl/N-ethyl adjacent to an activating group) is 1. The second-order valence-corrected chi connectivity index (χ2v) is 4.58. The number of nitrogen functional groups attached to an aromatic ring is 1. The predicted octanol–water partition coefficient (Wildman–Crippen LogP) is 0.953. The van der Waals surface area contributed by atoms with E-state index in [2.05, 4.69) is 9.88 Å². The Morgan fingerprint density at radius 1 is 1.35 bits per heavy atom. The van der Waals surface area contributed by atoms with Crippen LogP contribution in [0.25, 0.3) is 0 Å². The average molecular weight is 274 g/mol. The molecule has 2 aromatic heterocycles. The number of hydrogen-bond acceptors (Lipinski definition) is 5. The molecule has 0 radical (unpaired) electrons. The number of hydrogen-bond donors (Lipinski definition) is 2. The highest BCUT2D eigenvalue weighted by atomic mass is 16.4. The molecule has 0 aromatic carbocycles. The van der Waals surface area contributed by atoms with E-state index in [1.165, 1.54) is 5.56 Å². The van der Waals surface area contributed by atoms with Crippen LogP contribution in [-0.4, -0.2) is 29.4 Å². The summed E-state index contributed by atoms with van der Waals surface area (Å²) in [6, 6.07) is 7.41. The van der Waals surface area contributed by atoms with Crippen LogP contribution in [0.1, 0.15) is 21.9 Å². The summed E-state index contributed by atoms with van der Waals surface area (Å²) in [5.41, 5.74) is 3.29. The first-order valence-corrected chi connectivity index (χ1v) is 6.36. The SMILES string of the molecule is CN(CCc1ccncc1)Cc1ccc(C(=O)NN)o1. The Morgan fingerprint density at radius 3 is 2.80 bits per heavy atom. The molecule has 0 bridgehead atoms. The van der Waals surface area contributed by atoms with E-state index in [1.54, 1.807) is 24.5 Å². The third kappa shape index (κ3) is 3.91. The van der Waals surface area contributed by atoms with Crippen molar-refractivity contribution in [3.63, 3.8) is 0 Å². The Bertz CT molecular complexity index is 553. The molecule has 0 saturated carbocycles. The van der Waals surface area contributed by atoms with Gasteiger partial charge in [-0.2, -0.15) is 0 Å². The van der Waals surface area contributed by atoms with Crippen molar-refractivity contribution >= 4 is 5.91 Å². The molecule has 2 heterocycles. The number of aromatic nitrogens is 1. The summed E-state index contributed by atoms with van der Waals surface area (Å²) in [6.07, 6.45) is 4.52. The molecule has 2 aromatic rings. The zero-order chi connectivity index (χ0) is 14.4. The van der Waals surface area contributed by atoms with E-state index in [1.807, 2.05) is 24.6 Å². The normalized spacial score (nSPS) is 10.8. The number of hydrazine groups is 1. The largest absolute Gasteiger partial charge is 0.455 e. The van der Waals surface area contributed by atoms with Crippen molar-refractivity contribution in [1.29, 1.82) is 0 Å². The molecule has 3 N–H and O–H groups in total. The summed E-state index contributed by atoms with van der Waals surface area (Å²) in [5.74, 6) is 5.59. The number of pyridine rings is 1. The summed E-state index contributed by atoms with van der Waals surface area (Å²) in [7, 11) is 2.01. The Morgan fingerprint density at radius 2 is 2.10 bits per heavy atom. The molecule has 106 valence electrons. The van der Waals surface area contributed by atoms with Crippen LogP contribution in [0.5, 0.6) is 0 Å². The van der Waals surface area contributed by atoms with Gasteiger partial charge in [0.25, 0.3) is 0 Å². The van der Waals surface area contributed by atoms with Gasteiger partial charge in [-0.05, 0) is 43.3 Å². The van der Waals surface area contributed by atoms with Crippen molar-refractivity contribution in [1.82, 2.24) is 15.3 Å². The van der Waals surface area contributed by atoms with E-state index in [-0.39, 0.29) is 5.76 Å². The molecule has 0 fully saturated rings. The van der Waals surface area contributed by atoms with Gasteiger partial charge in [0.15, 0.2) is 5.76 Å². The monoisotopic (exact) mass is 274 g/mol.